The third kappa shape index (κ3) is 4.54. The molecule has 1 N–H and O–H groups in total. The van der Waals surface area contributed by atoms with Gasteiger partial charge in [-0.15, -0.1) is 0 Å². The highest BCUT2D eigenvalue weighted by atomic mass is 16.2. The molecular formula is C20H23N2O+. The van der Waals surface area contributed by atoms with Crippen LogP contribution in [0, 0.1) is 0 Å². The van der Waals surface area contributed by atoms with Crippen molar-refractivity contribution in [2.24, 2.45) is 0 Å². The number of carbonyl (C=O) groups is 1. The summed E-state index contributed by atoms with van der Waals surface area (Å²) in [4.78, 5) is 15.8. The molecule has 0 bridgehead atoms. The van der Waals surface area contributed by atoms with E-state index < -0.39 is 0 Å². The van der Waals surface area contributed by atoms with Gasteiger partial charge in [-0.2, -0.15) is 0 Å². The van der Waals surface area contributed by atoms with Gasteiger partial charge >= 0.3 is 0 Å². The number of piperazine rings is 1. The Balaban J connectivity index is 1.48. The Morgan fingerprint density at radius 3 is 2.22 bits per heavy atom. The van der Waals surface area contributed by atoms with Crippen molar-refractivity contribution in [3.63, 3.8) is 0 Å². The molecule has 1 aliphatic rings. The maximum absolute atomic E-state index is 12.3. The van der Waals surface area contributed by atoms with Gasteiger partial charge in [-0.1, -0.05) is 60.7 Å². The second-order valence-corrected chi connectivity index (χ2v) is 5.98. The number of benzene rings is 2. The third-order valence-electron chi connectivity index (χ3n) is 4.30. The maximum atomic E-state index is 12.3. The van der Waals surface area contributed by atoms with Crippen LogP contribution in [0.1, 0.15) is 11.1 Å². The van der Waals surface area contributed by atoms with Crippen molar-refractivity contribution in [3.05, 3.63) is 77.9 Å². The zero-order valence-corrected chi connectivity index (χ0v) is 13.3. The number of nitrogens with zero attached hydrogens (tertiary/aromatic N) is 1. The molecule has 1 saturated heterocycles. The second-order valence-electron chi connectivity index (χ2n) is 5.98. The Hall–Kier alpha value is -2.39. The predicted octanol–water partition coefficient (Wildman–Crippen LogP) is 1.63. The first-order valence-electron chi connectivity index (χ1n) is 8.21. The minimum Gasteiger partial charge on any atom is -0.328 e. The molecule has 118 valence electrons. The van der Waals surface area contributed by atoms with Crippen molar-refractivity contribution in [2.75, 3.05) is 26.2 Å². The van der Waals surface area contributed by atoms with E-state index in [9.17, 15) is 4.79 Å². The molecule has 2 aromatic rings. The van der Waals surface area contributed by atoms with Gasteiger partial charge in [0.1, 0.15) is 6.54 Å². The smallest absolute Gasteiger partial charge is 0.246 e. The third-order valence-corrected chi connectivity index (χ3v) is 4.30. The van der Waals surface area contributed by atoms with Crippen molar-refractivity contribution in [2.45, 2.75) is 6.54 Å². The number of hydrogen-bond acceptors (Lipinski definition) is 1. The molecule has 0 unspecified atom stereocenters. The second kappa shape index (κ2) is 7.75. The summed E-state index contributed by atoms with van der Waals surface area (Å²) in [5, 5.41) is 0. The molecule has 1 fully saturated rings. The molecule has 0 aliphatic carbocycles. The fourth-order valence-corrected chi connectivity index (χ4v) is 2.94. The number of rotatable bonds is 4. The van der Waals surface area contributed by atoms with Crippen LogP contribution in [0.4, 0.5) is 0 Å². The Morgan fingerprint density at radius 2 is 1.57 bits per heavy atom. The van der Waals surface area contributed by atoms with E-state index in [1.165, 1.54) is 5.56 Å². The Labute approximate surface area is 137 Å². The number of carbonyl (C=O) groups excluding carboxylic acids is 1. The summed E-state index contributed by atoms with van der Waals surface area (Å²) in [7, 11) is 0. The van der Waals surface area contributed by atoms with Crippen LogP contribution in [-0.2, 0) is 11.3 Å². The van der Waals surface area contributed by atoms with Gasteiger partial charge in [-0.25, -0.2) is 0 Å². The molecular weight excluding hydrogens is 284 g/mol. The SMILES string of the molecule is O=C(/C=C/c1ccccc1)N1CC[NH+](Cc2ccccc2)CC1. The van der Waals surface area contributed by atoms with Crippen LogP contribution in [0.15, 0.2) is 66.7 Å². The fraction of sp³-hybridized carbons (Fsp3) is 0.250. The molecule has 3 heteroatoms. The van der Waals surface area contributed by atoms with E-state index in [1.807, 2.05) is 41.3 Å². The maximum Gasteiger partial charge on any atom is 0.246 e. The van der Waals surface area contributed by atoms with Gasteiger partial charge in [-0.3, -0.25) is 4.79 Å². The van der Waals surface area contributed by atoms with Gasteiger partial charge in [0.25, 0.3) is 0 Å². The molecule has 1 amide bonds. The molecule has 0 atom stereocenters. The molecule has 0 spiro atoms. The molecule has 1 aliphatic heterocycles. The topological polar surface area (TPSA) is 24.8 Å². The highest BCUT2D eigenvalue weighted by Gasteiger charge is 2.22. The minimum absolute atomic E-state index is 0.118. The fourth-order valence-electron chi connectivity index (χ4n) is 2.94. The first-order chi connectivity index (χ1) is 11.3. The number of quaternary nitrogens is 1. The summed E-state index contributed by atoms with van der Waals surface area (Å²) in [6, 6.07) is 20.5. The lowest BCUT2D eigenvalue weighted by molar-refractivity contribution is -0.917. The molecule has 3 rings (SSSR count). The first kappa shape index (κ1) is 15.5. The van der Waals surface area contributed by atoms with Crippen LogP contribution in [-0.4, -0.2) is 37.0 Å². The summed E-state index contributed by atoms with van der Waals surface area (Å²) in [5.74, 6) is 0.118. The summed E-state index contributed by atoms with van der Waals surface area (Å²) in [5.41, 5.74) is 2.43. The Bertz CT molecular complexity index is 644. The van der Waals surface area contributed by atoms with Gasteiger partial charge in [-0.05, 0) is 11.6 Å². The first-order valence-corrected chi connectivity index (χ1v) is 8.21. The molecule has 0 saturated carbocycles. The average Bonchev–Trinajstić information content (AvgIpc) is 2.62. The minimum atomic E-state index is 0.118. The Morgan fingerprint density at radius 1 is 0.957 bits per heavy atom. The van der Waals surface area contributed by atoms with Crippen LogP contribution < -0.4 is 4.90 Å². The largest absolute Gasteiger partial charge is 0.328 e. The van der Waals surface area contributed by atoms with Crippen LogP contribution in [0.5, 0.6) is 0 Å². The average molecular weight is 307 g/mol. The number of hydrogen-bond donors (Lipinski definition) is 1. The lowest BCUT2D eigenvalue weighted by atomic mass is 10.2. The normalized spacial score (nSPS) is 15.9. The zero-order valence-electron chi connectivity index (χ0n) is 13.3. The molecule has 1 heterocycles. The Kier molecular flexibility index (Phi) is 5.22. The van der Waals surface area contributed by atoms with Crippen molar-refractivity contribution in [1.29, 1.82) is 0 Å². The summed E-state index contributed by atoms with van der Waals surface area (Å²) in [6.45, 7) is 4.74. The lowest BCUT2D eigenvalue weighted by Gasteiger charge is -2.31. The molecule has 0 aromatic heterocycles. The van der Waals surface area contributed by atoms with E-state index >= 15 is 0 Å². The standard InChI is InChI=1S/C20H22N2O/c23-20(12-11-18-7-3-1-4-8-18)22-15-13-21(14-16-22)17-19-9-5-2-6-10-19/h1-12H,13-17H2/p+1/b12-11+. The molecule has 2 aromatic carbocycles. The van der Waals surface area contributed by atoms with Crippen molar-refractivity contribution >= 4 is 12.0 Å². The highest BCUT2D eigenvalue weighted by Crippen LogP contribution is 2.03. The van der Waals surface area contributed by atoms with Gasteiger partial charge < -0.3 is 9.80 Å². The molecule has 0 radical (unpaired) electrons. The number of amides is 1. The van der Waals surface area contributed by atoms with Gasteiger partial charge in [0.05, 0.1) is 26.2 Å². The van der Waals surface area contributed by atoms with Gasteiger partial charge in [0, 0.05) is 11.6 Å². The predicted molar refractivity (Wildman–Crippen MR) is 92.9 cm³/mol. The van der Waals surface area contributed by atoms with Crippen LogP contribution in [0.2, 0.25) is 0 Å². The van der Waals surface area contributed by atoms with Gasteiger partial charge in [0.15, 0.2) is 0 Å². The monoisotopic (exact) mass is 307 g/mol. The van der Waals surface area contributed by atoms with E-state index in [-0.39, 0.29) is 5.91 Å². The molecule has 23 heavy (non-hydrogen) atoms. The van der Waals surface area contributed by atoms with Gasteiger partial charge in [0.2, 0.25) is 5.91 Å². The number of nitrogens with one attached hydrogen (secondary N) is 1. The quantitative estimate of drug-likeness (QED) is 0.853. The summed E-state index contributed by atoms with van der Waals surface area (Å²) < 4.78 is 0. The van der Waals surface area contributed by atoms with Crippen molar-refractivity contribution in [3.8, 4) is 0 Å². The van der Waals surface area contributed by atoms with E-state index in [0.717, 1.165) is 38.3 Å². The molecule has 3 nitrogen and oxygen atoms in total. The van der Waals surface area contributed by atoms with E-state index in [2.05, 4.69) is 30.3 Å². The van der Waals surface area contributed by atoms with Crippen molar-refractivity contribution in [1.82, 2.24) is 4.90 Å². The van der Waals surface area contributed by atoms with Crippen molar-refractivity contribution < 1.29 is 9.69 Å². The summed E-state index contributed by atoms with van der Waals surface area (Å²) >= 11 is 0. The highest BCUT2D eigenvalue weighted by molar-refractivity contribution is 5.91. The van der Waals surface area contributed by atoms with E-state index in [1.54, 1.807) is 11.0 Å². The van der Waals surface area contributed by atoms with E-state index in [0.29, 0.717) is 0 Å². The summed E-state index contributed by atoms with van der Waals surface area (Å²) in [6.07, 6.45) is 3.59. The van der Waals surface area contributed by atoms with Crippen LogP contribution in [0.3, 0.4) is 0 Å². The van der Waals surface area contributed by atoms with Crippen LogP contribution in [0.25, 0.3) is 6.08 Å². The van der Waals surface area contributed by atoms with E-state index in [4.69, 9.17) is 0 Å². The lowest BCUT2D eigenvalue weighted by Crippen LogP contribution is -3.13. The van der Waals surface area contributed by atoms with Crippen LogP contribution >= 0.6 is 0 Å². The zero-order chi connectivity index (χ0) is 15.9.